The molecule has 26 heavy (non-hydrogen) atoms. The lowest BCUT2D eigenvalue weighted by molar-refractivity contribution is -0.145. The number of anilines is 1. The van der Waals surface area contributed by atoms with Crippen LogP contribution in [-0.2, 0) is 20.7 Å². The number of rotatable bonds is 5. The molecule has 0 saturated carbocycles. The van der Waals surface area contributed by atoms with Crippen molar-refractivity contribution >= 4 is 17.6 Å². The number of hydrogen-bond acceptors (Lipinski definition) is 3. The highest BCUT2D eigenvalue weighted by atomic mass is 16.5. The molecule has 1 fully saturated rings. The smallest absolute Gasteiger partial charge is 0.310 e. The van der Waals surface area contributed by atoms with Crippen LogP contribution in [0.4, 0.5) is 5.69 Å². The van der Waals surface area contributed by atoms with Gasteiger partial charge in [-0.1, -0.05) is 60.7 Å². The molecule has 4 rings (SSSR count). The van der Waals surface area contributed by atoms with Crippen LogP contribution in [0.2, 0.25) is 0 Å². The molecule has 0 radical (unpaired) electrons. The van der Waals surface area contributed by atoms with Gasteiger partial charge in [0, 0.05) is 5.69 Å². The molecule has 2 aromatic carbocycles. The van der Waals surface area contributed by atoms with Gasteiger partial charge in [0.1, 0.15) is 5.92 Å². The van der Waals surface area contributed by atoms with Gasteiger partial charge in [-0.3, -0.25) is 9.59 Å². The van der Waals surface area contributed by atoms with E-state index in [1.54, 1.807) is 12.2 Å². The predicted molar refractivity (Wildman–Crippen MR) is 96.7 cm³/mol. The molecule has 2 aromatic rings. The average molecular weight is 349 g/mol. The first-order valence-corrected chi connectivity index (χ1v) is 8.63. The number of ether oxygens (including phenoxy) is 1. The van der Waals surface area contributed by atoms with Crippen molar-refractivity contribution in [1.29, 1.82) is 0 Å². The van der Waals surface area contributed by atoms with Crippen LogP contribution < -0.4 is 5.32 Å². The molecule has 4 atom stereocenters. The number of hydrogen-bond donors (Lipinski definition) is 2. The largest absolute Gasteiger partial charge is 0.481 e. The molecule has 0 spiro atoms. The number of aliphatic carboxylic acids is 1. The lowest BCUT2D eigenvalue weighted by atomic mass is 9.82. The Labute approximate surface area is 151 Å². The summed E-state index contributed by atoms with van der Waals surface area (Å²) in [5, 5.41) is 12.4. The normalized spacial score (nSPS) is 26.0. The molecule has 0 aliphatic carbocycles. The lowest BCUT2D eigenvalue weighted by Gasteiger charge is -2.21. The van der Waals surface area contributed by atoms with E-state index in [9.17, 15) is 14.7 Å². The van der Waals surface area contributed by atoms with Crippen molar-refractivity contribution in [3.8, 4) is 0 Å². The number of carboxylic acids is 1. The van der Waals surface area contributed by atoms with Gasteiger partial charge in [0.25, 0.3) is 0 Å². The number of benzene rings is 2. The third-order valence-electron chi connectivity index (χ3n) is 5.00. The fraction of sp³-hybridized carbons (Fsp3) is 0.238. The van der Waals surface area contributed by atoms with Crippen molar-refractivity contribution in [1.82, 2.24) is 0 Å². The molecule has 2 bridgehead atoms. The molecular weight excluding hydrogens is 330 g/mol. The van der Waals surface area contributed by atoms with E-state index in [2.05, 4.69) is 5.32 Å². The van der Waals surface area contributed by atoms with Gasteiger partial charge in [-0.15, -0.1) is 0 Å². The van der Waals surface area contributed by atoms with Gasteiger partial charge in [-0.05, 0) is 23.6 Å². The third-order valence-corrected chi connectivity index (χ3v) is 5.00. The highest BCUT2D eigenvalue weighted by Crippen LogP contribution is 2.40. The highest BCUT2D eigenvalue weighted by Gasteiger charge is 2.53. The van der Waals surface area contributed by atoms with E-state index in [1.807, 2.05) is 54.6 Å². The second kappa shape index (κ2) is 6.77. The maximum absolute atomic E-state index is 12.8. The molecule has 2 heterocycles. The molecule has 0 unspecified atom stereocenters. The molecule has 5 heteroatoms. The maximum Gasteiger partial charge on any atom is 0.310 e. The number of carboxylic acid groups (broad SMARTS) is 1. The quantitative estimate of drug-likeness (QED) is 0.814. The Morgan fingerprint density at radius 2 is 1.58 bits per heavy atom. The minimum Gasteiger partial charge on any atom is -0.481 e. The number of nitrogens with one attached hydrogen (secondary N) is 1. The molecule has 1 amide bonds. The number of fused-ring (bicyclic) bond motifs is 2. The third kappa shape index (κ3) is 3.02. The molecular formula is C21H19NO4. The second-order valence-electron chi connectivity index (χ2n) is 6.65. The lowest BCUT2D eigenvalue weighted by Crippen LogP contribution is -2.39. The first-order valence-electron chi connectivity index (χ1n) is 8.63. The van der Waals surface area contributed by atoms with Crippen molar-refractivity contribution in [2.24, 2.45) is 11.8 Å². The Hall–Kier alpha value is -2.92. The van der Waals surface area contributed by atoms with Crippen LogP contribution in [0.1, 0.15) is 11.1 Å². The molecule has 1 saturated heterocycles. The highest BCUT2D eigenvalue weighted by molar-refractivity contribution is 5.97. The zero-order valence-corrected chi connectivity index (χ0v) is 14.0. The van der Waals surface area contributed by atoms with E-state index in [0.717, 1.165) is 11.1 Å². The summed E-state index contributed by atoms with van der Waals surface area (Å²) in [6.07, 6.45) is 3.21. The van der Waals surface area contributed by atoms with Crippen LogP contribution in [0.3, 0.4) is 0 Å². The molecule has 5 nitrogen and oxygen atoms in total. The first-order chi connectivity index (χ1) is 12.6. The summed E-state index contributed by atoms with van der Waals surface area (Å²) in [6, 6.07) is 17.6. The van der Waals surface area contributed by atoms with Crippen LogP contribution in [-0.4, -0.2) is 29.2 Å². The topological polar surface area (TPSA) is 75.6 Å². The summed E-state index contributed by atoms with van der Waals surface area (Å²) in [5.74, 6) is -2.87. The maximum atomic E-state index is 12.8. The minimum atomic E-state index is -1.00. The van der Waals surface area contributed by atoms with Gasteiger partial charge >= 0.3 is 5.97 Å². The van der Waals surface area contributed by atoms with Crippen LogP contribution in [0, 0.1) is 11.8 Å². The van der Waals surface area contributed by atoms with Crippen LogP contribution in [0.15, 0.2) is 66.7 Å². The standard InChI is InChI=1S/C21H19NO4/c23-20(18-16-10-11-17(26-16)19(18)21(24)25)22-15-9-5-4-8-14(15)12-13-6-2-1-3-7-13/h1-11,16-19H,12H2,(H,22,23)(H,24,25)/t16-,17-,18-,19-/m0/s1. The van der Waals surface area contributed by atoms with E-state index < -0.39 is 30.0 Å². The Kier molecular flexibility index (Phi) is 4.31. The van der Waals surface area contributed by atoms with Gasteiger partial charge in [-0.25, -0.2) is 0 Å². The van der Waals surface area contributed by atoms with Crippen molar-refractivity contribution in [2.75, 3.05) is 5.32 Å². The van der Waals surface area contributed by atoms with E-state index in [0.29, 0.717) is 12.1 Å². The van der Waals surface area contributed by atoms with E-state index in [-0.39, 0.29) is 5.91 Å². The van der Waals surface area contributed by atoms with Crippen molar-refractivity contribution in [2.45, 2.75) is 18.6 Å². The van der Waals surface area contributed by atoms with Gasteiger partial charge in [0.05, 0.1) is 18.1 Å². The fourth-order valence-electron chi connectivity index (χ4n) is 3.74. The number of carbonyl (C=O) groups is 2. The Balaban J connectivity index is 1.55. The van der Waals surface area contributed by atoms with E-state index in [4.69, 9.17) is 4.74 Å². The Morgan fingerprint density at radius 3 is 2.31 bits per heavy atom. The second-order valence-corrected chi connectivity index (χ2v) is 6.65. The SMILES string of the molecule is O=C(O)[C@@H]1[C@@H](C(=O)Nc2ccccc2Cc2ccccc2)[C@@H]2C=C[C@@H]1O2. The van der Waals surface area contributed by atoms with Gasteiger partial charge in [-0.2, -0.15) is 0 Å². The molecule has 132 valence electrons. The summed E-state index contributed by atoms with van der Waals surface area (Å²) in [6.45, 7) is 0. The van der Waals surface area contributed by atoms with Crippen LogP contribution >= 0.6 is 0 Å². The van der Waals surface area contributed by atoms with Gasteiger partial charge < -0.3 is 15.2 Å². The summed E-state index contributed by atoms with van der Waals surface area (Å²) in [7, 11) is 0. The summed E-state index contributed by atoms with van der Waals surface area (Å²) in [5.41, 5.74) is 2.83. The number of amides is 1. The van der Waals surface area contributed by atoms with Crippen LogP contribution in [0.5, 0.6) is 0 Å². The Bertz CT molecular complexity index is 861. The first kappa shape index (κ1) is 16.5. The van der Waals surface area contributed by atoms with Crippen LogP contribution in [0.25, 0.3) is 0 Å². The summed E-state index contributed by atoms with van der Waals surface area (Å²) >= 11 is 0. The molecule has 2 aliphatic rings. The summed E-state index contributed by atoms with van der Waals surface area (Å²) in [4.78, 5) is 24.4. The van der Waals surface area contributed by atoms with Gasteiger partial charge in [0.2, 0.25) is 5.91 Å². The molecule has 0 aromatic heterocycles. The van der Waals surface area contributed by atoms with E-state index in [1.165, 1.54) is 0 Å². The molecule has 2 N–H and O–H groups in total. The zero-order valence-electron chi connectivity index (χ0n) is 14.0. The van der Waals surface area contributed by atoms with Crippen molar-refractivity contribution in [3.63, 3.8) is 0 Å². The van der Waals surface area contributed by atoms with E-state index >= 15 is 0 Å². The summed E-state index contributed by atoms with van der Waals surface area (Å²) < 4.78 is 5.59. The van der Waals surface area contributed by atoms with Crippen molar-refractivity contribution < 1.29 is 19.4 Å². The average Bonchev–Trinajstić information content (AvgIpc) is 3.25. The van der Waals surface area contributed by atoms with Crippen molar-refractivity contribution in [3.05, 3.63) is 77.9 Å². The fourth-order valence-corrected chi connectivity index (χ4v) is 3.74. The number of para-hydroxylation sites is 1. The monoisotopic (exact) mass is 349 g/mol. The number of carbonyl (C=O) groups excluding carboxylic acids is 1. The van der Waals surface area contributed by atoms with Gasteiger partial charge in [0.15, 0.2) is 0 Å². The molecule has 2 aliphatic heterocycles. The predicted octanol–water partition coefficient (Wildman–Crippen LogP) is 2.87. The minimum absolute atomic E-state index is 0.310. The zero-order chi connectivity index (χ0) is 18.1. The Morgan fingerprint density at radius 1 is 0.923 bits per heavy atom.